The average molecular weight is 281 g/mol. The molecule has 3 N–H and O–H groups in total. The zero-order chi connectivity index (χ0) is 15.3. The minimum absolute atomic E-state index is 0.105. The molecule has 0 saturated carbocycles. The fraction of sp³-hybridized carbons (Fsp3) is 0.429. The van der Waals surface area contributed by atoms with Crippen LogP contribution in [0.4, 0.5) is 4.79 Å². The lowest BCUT2D eigenvalue weighted by Gasteiger charge is -2.24. The van der Waals surface area contributed by atoms with Gasteiger partial charge in [0.15, 0.2) is 0 Å². The Kier molecular flexibility index (Phi) is 4.96. The van der Waals surface area contributed by atoms with E-state index in [1.54, 1.807) is 32.9 Å². The van der Waals surface area contributed by atoms with Crippen LogP contribution in [0.2, 0.25) is 0 Å². The van der Waals surface area contributed by atoms with Gasteiger partial charge in [-0.15, -0.1) is 0 Å². The van der Waals surface area contributed by atoms with Gasteiger partial charge in [-0.05, 0) is 38.5 Å². The number of nitrogens with one attached hydrogen (secondary N) is 1. The fourth-order valence-electron chi connectivity index (χ4n) is 1.58. The molecule has 6 nitrogen and oxygen atoms in total. The van der Waals surface area contributed by atoms with E-state index in [0.717, 1.165) is 0 Å². The maximum Gasteiger partial charge on any atom is 0.405 e. The van der Waals surface area contributed by atoms with Crippen LogP contribution in [-0.4, -0.2) is 33.9 Å². The van der Waals surface area contributed by atoms with E-state index in [9.17, 15) is 14.7 Å². The summed E-state index contributed by atoms with van der Waals surface area (Å²) in [6.07, 6.45) is -1.14. The Morgan fingerprint density at radius 3 is 2.25 bits per heavy atom. The van der Waals surface area contributed by atoms with E-state index < -0.39 is 23.7 Å². The number of carboxylic acid groups (broad SMARTS) is 1. The van der Waals surface area contributed by atoms with Crippen molar-refractivity contribution >= 4 is 12.1 Å². The monoisotopic (exact) mass is 281 g/mol. The largest absolute Gasteiger partial charge is 0.508 e. The highest BCUT2D eigenvalue weighted by Gasteiger charge is 2.26. The Bertz CT molecular complexity index is 475. The standard InChI is InChI=1S/C14H19NO5/c1-14(2,3)20-12(17)11(15-13(18)19)8-9-4-6-10(16)7-5-9/h4-7,11,15-16H,8H2,1-3H3,(H,18,19). The normalized spacial score (nSPS) is 12.6. The molecule has 1 atom stereocenters. The first kappa shape index (κ1) is 15.8. The molecule has 20 heavy (non-hydrogen) atoms. The molecule has 110 valence electrons. The van der Waals surface area contributed by atoms with Gasteiger partial charge in [-0.1, -0.05) is 12.1 Å². The molecule has 0 fully saturated rings. The van der Waals surface area contributed by atoms with Crippen molar-refractivity contribution in [3.8, 4) is 5.75 Å². The third-order valence-electron chi connectivity index (χ3n) is 2.37. The second-order valence-corrected chi connectivity index (χ2v) is 5.41. The first-order valence-corrected chi connectivity index (χ1v) is 6.17. The van der Waals surface area contributed by atoms with Gasteiger partial charge in [-0.2, -0.15) is 0 Å². The molecule has 0 aromatic heterocycles. The smallest absolute Gasteiger partial charge is 0.405 e. The van der Waals surface area contributed by atoms with Gasteiger partial charge >= 0.3 is 12.1 Å². The van der Waals surface area contributed by atoms with E-state index in [1.807, 2.05) is 0 Å². The summed E-state index contributed by atoms with van der Waals surface area (Å²) in [4.78, 5) is 22.7. The van der Waals surface area contributed by atoms with Gasteiger partial charge in [0, 0.05) is 6.42 Å². The van der Waals surface area contributed by atoms with Gasteiger partial charge < -0.3 is 20.3 Å². The highest BCUT2D eigenvalue weighted by atomic mass is 16.6. The van der Waals surface area contributed by atoms with Gasteiger partial charge in [-0.3, -0.25) is 0 Å². The second-order valence-electron chi connectivity index (χ2n) is 5.41. The van der Waals surface area contributed by atoms with Crippen molar-refractivity contribution in [2.75, 3.05) is 0 Å². The topological polar surface area (TPSA) is 95.9 Å². The van der Waals surface area contributed by atoms with Crippen LogP contribution in [0.25, 0.3) is 0 Å². The van der Waals surface area contributed by atoms with Gasteiger partial charge in [0.25, 0.3) is 0 Å². The van der Waals surface area contributed by atoms with E-state index in [-0.39, 0.29) is 12.2 Å². The highest BCUT2D eigenvalue weighted by molar-refractivity contribution is 5.81. The van der Waals surface area contributed by atoms with Crippen molar-refractivity contribution in [3.05, 3.63) is 29.8 Å². The van der Waals surface area contributed by atoms with Crippen LogP contribution in [0.15, 0.2) is 24.3 Å². The van der Waals surface area contributed by atoms with E-state index in [4.69, 9.17) is 9.84 Å². The Hall–Kier alpha value is -2.24. The van der Waals surface area contributed by atoms with Gasteiger partial charge in [-0.25, -0.2) is 9.59 Å². The van der Waals surface area contributed by atoms with E-state index in [2.05, 4.69) is 5.32 Å². The van der Waals surface area contributed by atoms with Crippen LogP contribution >= 0.6 is 0 Å². The average Bonchev–Trinajstić information content (AvgIpc) is 2.28. The molecule has 0 aliphatic heterocycles. The zero-order valence-corrected chi connectivity index (χ0v) is 11.7. The molecule has 0 bridgehead atoms. The van der Waals surface area contributed by atoms with Crippen molar-refractivity contribution < 1.29 is 24.5 Å². The maximum atomic E-state index is 12.0. The summed E-state index contributed by atoms with van der Waals surface area (Å²) in [6.45, 7) is 5.13. The SMILES string of the molecule is CC(C)(C)OC(=O)C(Cc1ccc(O)cc1)NC(=O)O. The number of ether oxygens (including phenoxy) is 1. The highest BCUT2D eigenvalue weighted by Crippen LogP contribution is 2.14. The van der Waals surface area contributed by atoms with Crippen LogP contribution in [0.3, 0.4) is 0 Å². The molecule has 1 aromatic rings. The number of amides is 1. The lowest BCUT2D eigenvalue weighted by Crippen LogP contribution is -2.45. The summed E-state index contributed by atoms with van der Waals surface area (Å²) in [7, 11) is 0. The molecule has 1 unspecified atom stereocenters. The van der Waals surface area contributed by atoms with Crippen molar-refractivity contribution in [1.29, 1.82) is 0 Å². The van der Waals surface area contributed by atoms with Crippen LogP contribution in [-0.2, 0) is 16.0 Å². The summed E-state index contributed by atoms with van der Waals surface area (Å²) >= 11 is 0. The number of esters is 1. The molecule has 1 amide bonds. The minimum atomic E-state index is -1.29. The van der Waals surface area contributed by atoms with Crippen molar-refractivity contribution in [3.63, 3.8) is 0 Å². The molecule has 0 spiro atoms. The molecule has 0 aliphatic rings. The number of phenols is 1. The molecule has 1 rings (SSSR count). The quantitative estimate of drug-likeness (QED) is 0.733. The third-order valence-corrected chi connectivity index (χ3v) is 2.37. The summed E-state index contributed by atoms with van der Waals surface area (Å²) in [6, 6.07) is 5.20. The number of carbonyl (C=O) groups is 2. The van der Waals surface area contributed by atoms with E-state index in [0.29, 0.717) is 5.56 Å². The molecular weight excluding hydrogens is 262 g/mol. The molecule has 6 heteroatoms. The molecule has 0 radical (unpaired) electrons. The van der Waals surface area contributed by atoms with Gasteiger partial charge in [0.2, 0.25) is 0 Å². The zero-order valence-electron chi connectivity index (χ0n) is 11.7. The second kappa shape index (κ2) is 6.27. The molecule has 0 heterocycles. The number of benzene rings is 1. The summed E-state index contributed by atoms with van der Waals surface area (Å²) in [5.74, 6) is -0.526. The third kappa shape index (κ3) is 5.60. The number of rotatable bonds is 4. The number of phenolic OH excluding ortho intramolecular Hbond substituents is 1. The summed E-state index contributed by atoms with van der Waals surface area (Å²) in [5.41, 5.74) is 0.0252. The molecular formula is C14H19NO5. The minimum Gasteiger partial charge on any atom is -0.508 e. The fourth-order valence-corrected chi connectivity index (χ4v) is 1.58. The van der Waals surface area contributed by atoms with Crippen LogP contribution in [0.5, 0.6) is 5.75 Å². The van der Waals surface area contributed by atoms with Crippen LogP contribution in [0.1, 0.15) is 26.3 Å². The summed E-state index contributed by atoms with van der Waals surface area (Å²) < 4.78 is 5.18. The molecule has 1 aromatic carbocycles. The van der Waals surface area contributed by atoms with Crippen molar-refractivity contribution in [2.45, 2.75) is 38.8 Å². The number of hydrogen-bond donors (Lipinski definition) is 3. The van der Waals surface area contributed by atoms with Crippen LogP contribution < -0.4 is 5.32 Å². The number of aromatic hydroxyl groups is 1. The van der Waals surface area contributed by atoms with Gasteiger partial charge in [0.1, 0.15) is 17.4 Å². The lowest BCUT2D eigenvalue weighted by atomic mass is 10.1. The number of hydrogen-bond acceptors (Lipinski definition) is 4. The lowest BCUT2D eigenvalue weighted by molar-refractivity contribution is -0.157. The van der Waals surface area contributed by atoms with E-state index >= 15 is 0 Å². The molecule has 0 saturated heterocycles. The number of carbonyl (C=O) groups excluding carboxylic acids is 1. The van der Waals surface area contributed by atoms with Gasteiger partial charge in [0.05, 0.1) is 0 Å². The Balaban J connectivity index is 2.81. The van der Waals surface area contributed by atoms with Crippen molar-refractivity contribution in [2.24, 2.45) is 0 Å². The first-order valence-electron chi connectivity index (χ1n) is 6.17. The Morgan fingerprint density at radius 2 is 1.80 bits per heavy atom. The Labute approximate surface area is 117 Å². The van der Waals surface area contributed by atoms with E-state index in [1.165, 1.54) is 12.1 Å². The molecule has 0 aliphatic carbocycles. The predicted octanol–water partition coefficient (Wildman–Crippen LogP) is 1.91. The summed E-state index contributed by atoms with van der Waals surface area (Å²) in [5, 5.41) is 20.1. The van der Waals surface area contributed by atoms with Crippen LogP contribution in [0, 0.1) is 0 Å². The maximum absolute atomic E-state index is 12.0. The Morgan fingerprint density at radius 1 is 1.25 bits per heavy atom. The first-order chi connectivity index (χ1) is 9.17. The van der Waals surface area contributed by atoms with Crippen molar-refractivity contribution in [1.82, 2.24) is 5.32 Å². The predicted molar refractivity (Wildman–Crippen MR) is 72.6 cm³/mol.